The fraction of sp³-hybridized carbons (Fsp3) is 0.0385. The number of carbonyl (C=O) groups excluding carboxylic acids is 1. The van der Waals surface area contributed by atoms with Crippen molar-refractivity contribution < 1.29 is 13.9 Å². The van der Waals surface area contributed by atoms with Crippen LogP contribution in [0, 0.1) is 17.1 Å². The number of amides is 1. The molecule has 4 aromatic rings. The molecule has 34 heavy (non-hydrogen) atoms. The molecule has 0 aliphatic heterocycles. The van der Waals surface area contributed by atoms with Gasteiger partial charge in [0.1, 0.15) is 22.3 Å². The predicted molar refractivity (Wildman–Crippen MR) is 130 cm³/mol. The molecule has 1 aromatic heterocycles. The molecule has 4 rings (SSSR count). The number of para-hydroxylation sites is 1. The lowest BCUT2D eigenvalue weighted by Gasteiger charge is -2.05. The molecule has 0 radical (unpaired) electrons. The molecule has 0 aliphatic rings. The fourth-order valence-corrected chi connectivity index (χ4v) is 4.37. The van der Waals surface area contributed by atoms with Gasteiger partial charge < -0.3 is 10.1 Å². The zero-order valence-corrected chi connectivity index (χ0v) is 18.8. The number of carbonyl (C=O) groups is 1. The molecule has 0 bridgehead atoms. The van der Waals surface area contributed by atoms with Gasteiger partial charge in [-0.05, 0) is 60.2 Å². The Bertz CT molecular complexity index is 1570. The van der Waals surface area contributed by atoms with Crippen LogP contribution in [-0.4, -0.2) is 17.6 Å². The highest BCUT2D eigenvalue weighted by Gasteiger charge is 2.17. The van der Waals surface area contributed by atoms with Crippen molar-refractivity contribution in [1.82, 2.24) is 4.57 Å². The molecule has 0 aliphatic carbocycles. The number of nitrogens with zero attached hydrogens (tertiary/aromatic N) is 2. The van der Waals surface area contributed by atoms with Crippen LogP contribution >= 0.6 is 11.3 Å². The lowest BCUT2D eigenvalue weighted by molar-refractivity contribution is -0.111. The number of benzene rings is 3. The van der Waals surface area contributed by atoms with Gasteiger partial charge in [-0.15, -0.1) is 11.3 Å². The van der Waals surface area contributed by atoms with Gasteiger partial charge in [-0.2, -0.15) is 5.26 Å². The second-order valence-electron chi connectivity index (χ2n) is 7.12. The third-order valence-electron chi connectivity index (χ3n) is 4.88. The number of halogens is 1. The summed E-state index contributed by atoms with van der Waals surface area (Å²) >= 11 is 1.04. The molecule has 0 atom stereocenters. The number of nitrogens with one attached hydrogen (secondary N) is 1. The van der Waals surface area contributed by atoms with Crippen molar-refractivity contribution in [2.24, 2.45) is 0 Å². The lowest BCUT2D eigenvalue weighted by Crippen LogP contribution is -2.32. The van der Waals surface area contributed by atoms with Crippen LogP contribution < -0.4 is 24.8 Å². The Morgan fingerprint density at radius 3 is 2.50 bits per heavy atom. The molecule has 6 nitrogen and oxygen atoms in total. The van der Waals surface area contributed by atoms with Gasteiger partial charge in [0.15, 0.2) is 5.57 Å². The van der Waals surface area contributed by atoms with Gasteiger partial charge in [-0.25, -0.2) is 4.39 Å². The van der Waals surface area contributed by atoms with Crippen LogP contribution in [0.15, 0.2) is 83.7 Å². The molecule has 0 fully saturated rings. The third-order valence-corrected chi connectivity index (χ3v) is 5.98. The van der Waals surface area contributed by atoms with E-state index in [2.05, 4.69) is 5.32 Å². The Morgan fingerprint density at radius 1 is 1.09 bits per heavy atom. The maximum Gasteiger partial charge on any atom is 0.273 e. The van der Waals surface area contributed by atoms with Gasteiger partial charge >= 0.3 is 0 Å². The summed E-state index contributed by atoms with van der Waals surface area (Å²) in [5.74, 6) is -0.513. The molecule has 3 aromatic carbocycles. The highest BCUT2D eigenvalue weighted by atomic mass is 32.1. The van der Waals surface area contributed by atoms with Gasteiger partial charge in [-0.1, -0.05) is 30.3 Å². The van der Waals surface area contributed by atoms with E-state index in [1.165, 1.54) is 28.8 Å². The summed E-state index contributed by atoms with van der Waals surface area (Å²) < 4.78 is 20.3. The number of rotatable bonds is 5. The molecule has 0 unspecified atom stereocenters. The molecule has 1 amide bonds. The SMILES string of the molecule is COc1cccc(/C=c2/s/c(=C(\C#N)C(=O)Nc3ccc(F)cc3)n(-c3ccccc3)c2=O)c1. The first-order valence-corrected chi connectivity index (χ1v) is 11.0. The lowest BCUT2D eigenvalue weighted by atomic mass is 10.2. The van der Waals surface area contributed by atoms with Crippen LogP contribution in [0.3, 0.4) is 0 Å². The predicted octanol–water partition coefficient (Wildman–Crippen LogP) is 3.19. The van der Waals surface area contributed by atoms with Crippen molar-refractivity contribution in [2.45, 2.75) is 0 Å². The number of aromatic nitrogens is 1. The van der Waals surface area contributed by atoms with Gasteiger partial charge in [0.25, 0.3) is 11.5 Å². The summed E-state index contributed by atoms with van der Waals surface area (Å²) in [7, 11) is 1.55. The van der Waals surface area contributed by atoms with E-state index in [-0.39, 0.29) is 15.8 Å². The topological polar surface area (TPSA) is 84.1 Å². The molecule has 0 saturated carbocycles. The molecule has 8 heteroatoms. The molecule has 0 spiro atoms. The Balaban J connectivity index is 1.93. The second kappa shape index (κ2) is 9.98. The minimum absolute atomic E-state index is 0.187. The van der Waals surface area contributed by atoms with Crippen molar-refractivity contribution in [3.63, 3.8) is 0 Å². The van der Waals surface area contributed by atoms with E-state index in [1.54, 1.807) is 61.7 Å². The zero-order chi connectivity index (χ0) is 24.1. The Morgan fingerprint density at radius 2 is 1.82 bits per heavy atom. The summed E-state index contributed by atoms with van der Waals surface area (Å²) in [5.41, 5.74) is 0.981. The molecular formula is C26H18FN3O3S. The summed E-state index contributed by atoms with van der Waals surface area (Å²) in [6.45, 7) is 0. The van der Waals surface area contributed by atoms with E-state index < -0.39 is 11.7 Å². The quantitative estimate of drug-likeness (QED) is 0.485. The average molecular weight is 472 g/mol. The summed E-state index contributed by atoms with van der Waals surface area (Å²) in [5, 5.41) is 12.4. The number of thiazole rings is 1. The first-order valence-electron chi connectivity index (χ1n) is 10.1. The van der Waals surface area contributed by atoms with Crippen LogP contribution in [0.5, 0.6) is 5.75 Å². The maximum atomic E-state index is 13.4. The molecule has 1 N–H and O–H groups in total. The van der Waals surface area contributed by atoms with Crippen LogP contribution in [0.2, 0.25) is 0 Å². The van der Waals surface area contributed by atoms with E-state index >= 15 is 0 Å². The van der Waals surface area contributed by atoms with Crippen LogP contribution in [0.25, 0.3) is 17.3 Å². The van der Waals surface area contributed by atoms with Crippen molar-refractivity contribution in [1.29, 1.82) is 5.26 Å². The largest absolute Gasteiger partial charge is 0.497 e. The Kier molecular flexibility index (Phi) is 6.67. The maximum absolute atomic E-state index is 13.4. The van der Waals surface area contributed by atoms with E-state index in [9.17, 15) is 19.2 Å². The third kappa shape index (κ3) is 4.80. The number of hydrogen-bond acceptors (Lipinski definition) is 5. The molecular weight excluding hydrogens is 453 g/mol. The summed E-state index contributed by atoms with van der Waals surface area (Å²) in [4.78, 5) is 26.4. The first kappa shape index (κ1) is 22.7. The van der Waals surface area contributed by atoms with E-state index in [1.807, 2.05) is 12.1 Å². The van der Waals surface area contributed by atoms with Gasteiger partial charge in [0.05, 0.1) is 17.3 Å². The fourth-order valence-electron chi connectivity index (χ4n) is 3.27. The first-order chi connectivity index (χ1) is 16.5. The minimum Gasteiger partial charge on any atom is -0.497 e. The van der Waals surface area contributed by atoms with E-state index in [4.69, 9.17) is 4.74 Å². The Hall–Kier alpha value is -4.48. The van der Waals surface area contributed by atoms with E-state index in [0.717, 1.165) is 16.9 Å². The summed E-state index contributed by atoms with van der Waals surface area (Å²) in [6.07, 6.45) is 1.69. The number of nitriles is 1. The van der Waals surface area contributed by atoms with Crippen LogP contribution in [0.1, 0.15) is 5.56 Å². The van der Waals surface area contributed by atoms with Gasteiger partial charge in [-0.3, -0.25) is 14.2 Å². The second-order valence-corrected chi connectivity index (χ2v) is 8.15. The van der Waals surface area contributed by atoms with Crippen molar-refractivity contribution in [2.75, 3.05) is 12.4 Å². The average Bonchev–Trinajstić information content (AvgIpc) is 3.17. The molecule has 0 saturated heterocycles. The van der Waals surface area contributed by atoms with Crippen molar-refractivity contribution in [3.05, 3.63) is 110 Å². The highest BCUT2D eigenvalue weighted by molar-refractivity contribution is 7.07. The highest BCUT2D eigenvalue weighted by Crippen LogP contribution is 2.13. The number of hydrogen-bond donors (Lipinski definition) is 1. The normalized spacial score (nSPS) is 12.1. The smallest absolute Gasteiger partial charge is 0.273 e. The number of ether oxygens (including phenoxy) is 1. The van der Waals surface area contributed by atoms with Gasteiger partial charge in [0.2, 0.25) is 0 Å². The molecule has 168 valence electrons. The number of methoxy groups -OCH3 is 1. The van der Waals surface area contributed by atoms with Crippen LogP contribution in [0.4, 0.5) is 10.1 Å². The van der Waals surface area contributed by atoms with Crippen molar-refractivity contribution >= 4 is 34.6 Å². The minimum atomic E-state index is -0.701. The van der Waals surface area contributed by atoms with Gasteiger partial charge in [0, 0.05) is 5.69 Å². The monoisotopic (exact) mass is 471 g/mol. The summed E-state index contributed by atoms with van der Waals surface area (Å²) in [6, 6.07) is 23.1. The van der Waals surface area contributed by atoms with Crippen molar-refractivity contribution in [3.8, 4) is 17.5 Å². The van der Waals surface area contributed by atoms with E-state index in [0.29, 0.717) is 21.7 Å². The number of anilines is 1. The van der Waals surface area contributed by atoms with Crippen LogP contribution in [-0.2, 0) is 4.79 Å². The Labute approximate surface area is 198 Å². The zero-order valence-electron chi connectivity index (χ0n) is 18.0. The standard InChI is InChI=1S/C26H18FN3O3S/c1-33-21-9-5-6-17(14-21)15-23-25(32)30(20-7-3-2-4-8-20)26(34-23)22(16-28)24(31)29-19-12-10-18(27)11-13-19/h2-15H,1H3,(H,29,31)/b23-15+,26-22+. The molecule has 1 heterocycles.